The highest BCUT2D eigenvalue weighted by atomic mass is 19.1. The molecule has 2 aromatic carbocycles. The molecule has 5 nitrogen and oxygen atoms in total. The number of ether oxygens (including phenoxy) is 1. The van der Waals surface area contributed by atoms with Crippen molar-refractivity contribution in [2.45, 2.75) is 26.3 Å². The molecule has 0 bridgehead atoms. The number of nitrogens with one attached hydrogen (secondary N) is 1. The number of nitrogens with zero attached hydrogens (tertiary/aromatic N) is 1. The molecule has 162 valence electrons. The zero-order valence-electron chi connectivity index (χ0n) is 17.9. The first-order chi connectivity index (χ1) is 15.4. The zero-order valence-corrected chi connectivity index (χ0v) is 17.9. The number of methoxy groups -OCH3 is 1. The highest BCUT2D eigenvalue weighted by molar-refractivity contribution is 6.00. The topological polar surface area (TPSA) is 68.3 Å². The molecule has 1 aliphatic rings. The van der Waals surface area contributed by atoms with Crippen molar-refractivity contribution in [1.82, 2.24) is 4.98 Å². The van der Waals surface area contributed by atoms with E-state index >= 15 is 0 Å². The van der Waals surface area contributed by atoms with Crippen LogP contribution in [0.25, 0.3) is 6.08 Å². The van der Waals surface area contributed by atoms with Crippen molar-refractivity contribution in [1.29, 1.82) is 0 Å². The van der Waals surface area contributed by atoms with Crippen LogP contribution >= 0.6 is 0 Å². The van der Waals surface area contributed by atoms with Crippen molar-refractivity contribution < 1.29 is 18.7 Å². The minimum atomic E-state index is -0.348. The number of benzene rings is 2. The van der Waals surface area contributed by atoms with E-state index in [-0.39, 0.29) is 30.3 Å². The predicted octanol–water partition coefficient (Wildman–Crippen LogP) is 4.80. The molecule has 32 heavy (non-hydrogen) atoms. The number of rotatable bonds is 8. The van der Waals surface area contributed by atoms with E-state index in [0.717, 1.165) is 28.1 Å². The standard InChI is InChI=1S/C26H23FN2O3/c1-16(30)18-11-19-12-21(15-29-24(19)13-18)28-14-20-9-17(7-8-23(20)27)10-25(31)22-5-3-4-6-26(22)32-2/h3-9,11-12,15,28H,10,13-14H2,1-2H3. The van der Waals surface area contributed by atoms with Crippen LogP contribution in [0.5, 0.6) is 5.75 Å². The van der Waals surface area contributed by atoms with Crippen molar-refractivity contribution in [2.75, 3.05) is 12.4 Å². The van der Waals surface area contributed by atoms with E-state index in [1.165, 1.54) is 13.2 Å². The molecular weight excluding hydrogens is 407 g/mol. The number of anilines is 1. The van der Waals surface area contributed by atoms with Gasteiger partial charge in [0.2, 0.25) is 0 Å². The molecule has 0 fully saturated rings. The van der Waals surface area contributed by atoms with E-state index in [0.29, 0.717) is 23.3 Å². The molecule has 1 heterocycles. The first-order valence-electron chi connectivity index (χ1n) is 10.3. The molecule has 1 aromatic heterocycles. The quantitative estimate of drug-likeness (QED) is 0.520. The van der Waals surface area contributed by atoms with Gasteiger partial charge in [0.1, 0.15) is 11.6 Å². The van der Waals surface area contributed by atoms with Gasteiger partial charge in [-0.15, -0.1) is 0 Å². The number of pyridine rings is 1. The molecule has 0 aliphatic heterocycles. The zero-order chi connectivity index (χ0) is 22.7. The average molecular weight is 430 g/mol. The molecule has 0 amide bonds. The van der Waals surface area contributed by atoms with Crippen molar-refractivity contribution in [2.24, 2.45) is 0 Å². The van der Waals surface area contributed by atoms with Crippen molar-refractivity contribution in [3.8, 4) is 5.75 Å². The van der Waals surface area contributed by atoms with Gasteiger partial charge in [-0.3, -0.25) is 14.6 Å². The number of ketones is 2. The predicted molar refractivity (Wildman–Crippen MR) is 121 cm³/mol. The summed E-state index contributed by atoms with van der Waals surface area (Å²) in [5.74, 6) is 0.120. The monoisotopic (exact) mass is 430 g/mol. The Bertz CT molecular complexity index is 1230. The summed E-state index contributed by atoms with van der Waals surface area (Å²) < 4.78 is 19.7. The van der Waals surface area contributed by atoms with Gasteiger partial charge >= 0.3 is 0 Å². The minimum absolute atomic E-state index is 0.0408. The van der Waals surface area contributed by atoms with Gasteiger partial charge in [0.15, 0.2) is 11.6 Å². The van der Waals surface area contributed by atoms with Gasteiger partial charge in [-0.05, 0) is 48.4 Å². The number of allylic oxidation sites excluding steroid dienone is 1. The molecule has 0 radical (unpaired) electrons. The van der Waals surface area contributed by atoms with E-state index in [1.807, 2.05) is 18.2 Å². The third-order valence-electron chi connectivity index (χ3n) is 5.51. The van der Waals surface area contributed by atoms with Crippen LogP contribution in [0.1, 0.15) is 39.7 Å². The Kier molecular flexibility index (Phi) is 6.12. The van der Waals surface area contributed by atoms with E-state index in [9.17, 15) is 14.0 Å². The second kappa shape index (κ2) is 9.14. The Balaban J connectivity index is 1.47. The van der Waals surface area contributed by atoms with Crippen LogP contribution in [0, 0.1) is 5.82 Å². The fourth-order valence-corrected chi connectivity index (χ4v) is 3.75. The van der Waals surface area contributed by atoms with Gasteiger partial charge in [-0.2, -0.15) is 0 Å². The normalized spacial score (nSPS) is 12.2. The van der Waals surface area contributed by atoms with Gasteiger partial charge in [-0.1, -0.05) is 24.3 Å². The summed E-state index contributed by atoms with van der Waals surface area (Å²) in [5, 5.41) is 3.18. The molecule has 3 aromatic rings. The second-order valence-electron chi connectivity index (χ2n) is 7.74. The van der Waals surface area contributed by atoms with Crippen LogP contribution in [0.2, 0.25) is 0 Å². The van der Waals surface area contributed by atoms with E-state index in [1.54, 1.807) is 43.5 Å². The number of hydrogen-bond donors (Lipinski definition) is 1. The molecule has 1 N–H and O–H groups in total. The molecule has 0 saturated heterocycles. The number of hydrogen-bond acceptors (Lipinski definition) is 5. The summed E-state index contributed by atoms with van der Waals surface area (Å²) >= 11 is 0. The van der Waals surface area contributed by atoms with Crippen molar-refractivity contribution >= 4 is 23.3 Å². The summed E-state index contributed by atoms with van der Waals surface area (Å²) in [7, 11) is 1.53. The summed E-state index contributed by atoms with van der Waals surface area (Å²) in [6.07, 6.45) is 4.22. The minimum Gasteiger partial charge on any atom is -0.496 e. The lowest BCUT2D eigenvalue weighted by atomic mass is 10.0. The summed E-state index contributed by atoms with van der Waals surface area (Å²) in [4.78, 5) is 28.7. The van der Waals surface area contributed by atoms with Gasteiger partial charge in [-0.25, -0.2) is 4.39 Å². The number of carbonyl (C=O) groups is 2. The highest BCUT2D eigenvalue weighted by Gasteiger charge is 2.18. The summed E-state index contributed by atoms with van der Waals surface area (Å²) in [6.45, 7) is 1.79. The maximum absolute atomic E-state index is 14.4. The van der Waals surface area contributed by atoms with Crippen LogP contribution in [0.4, 0.5) is 10.1 Å². The summed E-state index contributed by atoms with van der Waals surface area (Å²) in [6, 6.07) is 13.7. The summed E-state index contributed by atoms with van der Waals surface area (Å²) in [5.41, 5.74) is 4.92. The molecule has 6 heteroatoms. The number of para-hydroxylation sites is 1. The Hall–Kier alpha value is -3.80. The van der Waals surface area contributed by atoms with E-state index in [2.05, 4.69) is 10.3 Å². The Labute approximate surface area is 186 Å². The van der Waals surface area contributed by atoms with Gasteiger partial charge in [0.05, 0.1) is 30.3 Å². The van der Waals surface area contributed by atoms with Crippen LogP contribution in [-0.4, -0.2) is 23.7 Å². The van der Waals surface area contributed by atoms with Gasteiger partial charge < -0.3 is 10.1 Å². The van der Waals surface area contributed by atoms with E-state index in [4.69, 9.17) is 4.74 Å². The van der Waals surface area contributed by atoms with Crippen molar-refractivity contribution in [3.05, 3.63) is 94.1 Å². The highest BCUT2D eigenvalue weighted by Crippen LogP contribution is 2.26. The lowest BCUT2D eigenvalue weighted by molar-refractivity contribution is -0.113. The Morgan fingerprint density at radius 1 is 1.16 bits per heavy atom. The molecule has 0 atom stereocenters. The van der Waals surface area contributed by atoms with Gasteiger partial charge in [0, 0.05) is 30.5 Å². The SMILES string of the molecule is COc1ccccc1C(=O)Cc1ccc(F)c(CNc2cnc3c(c2)C=C(C(C)=O)C3)c1. The maximum atomic E-state index is 14.4. The molecule has 1 aliphatic carbocycles. The third-order valence-corrected chi connectivity index (χ3v) is 5.51. The fourth-order valence-electron chi connectivity index (χ4n) is 3.75. The molecule has 0 saturated carbocycles. The molecule has 0 unspecified atom stereocenters. The number of Topliss-reactive ketones (excluding diaryl/α,β-unsaturated/α-hetero) is 2. The van der Waals surface area contributed by atoms with Crippen LogP contribution in [0.3, 0.4) is 0 Å². The van der Waals surface area contributed by atoms with Crippen LogP contribution < -0.4 is 10.1 Å². The number of aromatic nitrogens is 1. The van der Waals surface area contributed by atoms with Crippen molar-refractivity contribution in [3.63, 3.8) is 0 Å². The number of fused-ring (bicyclic) bond motifs is 1. The first-order valence-corrected chi connectivity index (χ1v) is 10.3. The first kappa shape index (κ1) is 21.4. The average Bonchev–Trinajstić information content (AvgIpc) is 3.23. The molecular formula is C26H23FN2O3. The maximum Gasteiger partial charge on any atom is 0.170 e. The van der Waals surface area contributed by atoms with Crippen LogP contribution in [0.15, 0.2) is 60.3 Å². The number of carbonyl (C=O) groups excluding carboxylic acids is 2. The molecule has 4 rings (SSSR count). The molecule has 0 spiro atoms. The van der Waals surface area contributed by atoms with Crippen LogP contribution in [-0.2, 0) is 24.2 Å². The largest absolute Gasteiger partial charge is 0.496 e. The third kappa shape index (κ3) is 4.59. The Morgan fingerprint density at radius 3 is 2.75 bits per heavy atom. The fraction of sp³-hybridized carbons (Fsp3) is 0.192. The van der Waals surface area contributed by atoms with E-state index < -0.39 is 0 Å². The second-order valence-corrected chi connectivity index (χ2v) is 7.74. The smallest absolute Gasteiger partial charge is 0.170 e. The lowest BCUT2D eigenvalue weighted by Gasteiger charge is -2.11. The lowest BCUT2D eigenvalue weighted by Crippen LogP contribution is -2.08. The number of halogens is 1. The Morgan fingerprint density at radius 2 is 1.97 bits per heavy atom. The van der Waals surface area contributed by atoms with Gasteiger partial charge in [0.25, 0.3) is 0 Å².